The summed E-state index contributed by atoms with van der Waals surface area (Å²) in [7, 11) is 0. The molecule has 1 aromatic carbocycles. The van der Waals surface area contributed by atoms with Crippen molar-refractivity contribution in [2.24, 2.45) is 0 Å². The Bertz CT molecular complexity index is 503. The molecule has 90 valence electrons. The molecule has 0 saturated carbocycles. The van der Waals surface area contributed by atoms with Gasteiger partial charge in [-0.3, -0.25) is 0 Å². The molecule has 1 aromatic heterocycles. The van der Waals surface area contributed by atoms with E-state index in [1.54, 1.807) is 0 Å². The fraction of sp³-hybridized carbons (Fsp3) is 0.273. The van der Waals surface area contributed by atoms with Crippen LogP contribution in [0.4, 0.5) is 6.01 Å². The van der Waals surface area contributed by atoms with Crippen LogP contribution in [0.5, 0.6) is 0 Å². The van der Waals surface area contributed by atoms with Gasteiger partial charge in [0, 0.05) is 4.47 Å². The molecule has 0 radical (unpaired) electrons. The molecule has 0 bridgehead atoms. The average molecular weight is 317 g/mol. The van der Waals surface area contributed by atoms with Crippen LogP contribution in [0.25, 0.3) is 0 Å². The Morgan fingerprint density at radius 3 is 2.94 bits per heavy atom. The molecule has 1 N–H and O–H groups in total. The predicted octanol–water partition coefficient (Wildman–Crippen LogP) is 3.74. The molecule has 17 heavy (non-hydrogen) atoms. The summed E-state index contributed by atoms with van der Waals surface area (Å²) in [6, 6.07) is 8.49. The van der Waals surface area contributed by atoms with Crippen LogP contribution in [0.3, 0.4) is 0 Å². The van der Waals surface area contributed by atoms with Crippen molar-refractivity contribution in [2.75, 3.05) is 5.32 Å². The van der Waals surface area contributed by atoms with Crippen molar-refractivity contribution >= 4 is 33.5 Å². The lowest BCUT2D eigenvalue weighted by molar-refractivity contribution is 0.520. The second-order valence-electron chi connectivity index (χ2n) is 3.56. The maximum Gasteiger partial charge on any atom is 0.315 e. The van der Waals surface area contributed by atoms with Crippen LogP contribution in [-0.2, 0) is 5.88 Å². The number of aromatic nitrogens is 2. The average Bonchev–Trinajstić information content (AvgIpc) is 2.77. The summed E-state index contributed by atoms with van der Waals surface area (Å²) in [5.74, 6) is 0.635. The van der Waals surface area contributed by atoms with E-state index in [0.717, 1.165) is 10.0 Å². The second-order valence-corrected chi connectivity index (χ2v) is 4.74. The molecule has 0 spiro atoms. The molecule has 2 rings (SSSR count). The van der Waals surface area contributed by atoms with Gasteiger partial charge in [0.15, 0.2) is 0 Å². The first-order valence-corrected chi connectivity index (χ1v) is 6.42. The molecule has 6 heteroatoms. The third-order valence-corrected chi connectivity index (χ3v) is 2.99. The van der Waals surface area contributed by atoms with Gasteiger partial charge in [0.25, 0.3) is 0 Å². The van der Waals surface area contributed by atoms with E-state index >= 15 is 0 Å². The summed E-state index contributed by atoms with van der Waals surface area (Å²) in [6.45, 7) is 2.02. The zero-order chi connectivity index (χ0) is 12.3. The van der Waals surface area contributed by atoms with E-state index in [1.807, 2.05) is 31.2 Å². The van der Waals surface area contributed by atoms with Crippen LogP contribution >= 0.6 is 27.5 Å². The highest BCUT2D eigenvalue weighted by Crippen LogP contribution is 2.21. The van der Waals surface area contributed by atoms with Gasteiger partial charge in [0.05, 0.1) is 6.04 Å². The third kappa shape index (κ3) is 3.20. The minimum absolute atomic E-state index is 0.0797. The number of rotatable bonds is 4. The lowest BCUT2D eigenvalue weighted by Gasteiger charge is -2.12. The Labute approximate surface area is 113 Å². The first kappa shape index (κ1) is 12.4. The van der Waals surface area contributed by atoms with Gasteiger partial charge in [-0.15, -0.1) is 16.7 Å². The number of benzene rings is 1. The quantitative estimate of drug-likeness (QED) is 0.873. The molecule has 0 aliphatic heterocycles. The van der Waals surface area contributed by atoms with Crippen LogP contribution in [-0.4, -0.2) is 10.2 Å². The molecule has 2 aromatic rings. The van der Waals surface area contributed by atoms with Gasteiger partial charge in [-0.05, 0) is 24.6 Å². The molecule has 1 heterocycles. The Balaban J connectivity index is 2.08. The molecule has 0 fully saturated rings. The number of nitrogens with zero attached hydrogens (tertiary/aromatic N) is 2. The smallest absolute Gasteiger partial charge is 0.315 e. The van der Waals surface area contributed by atoms with Gasteiger partial charge in [-0.1, -0.05) is 33.2 Å². The minimum Gasteiger partial charge on any atom is -0.407 e. The van der Waals surface area contributed by atoms with Crippen molar-refractivity contribution in [1.82, 2.24) is 10.2 Å². The standard InChI is InChI=1S/C11H11BrClN3O/c1-7(8-3-2-4-9(12)5-8)14-11-16-15-10(6-13)17-11/h2-5,7H,6H2,1H3,(H,14,16). The van der Waals surface area contributed by atoms with Gasteiger partial charge in [0.2, 0.25) is 5.89 Å². The van der Waals surface area contributed by atoms with Crippen molar-refractivity contribution in [3.05, 3.63) is 40.2 Å². The summed E-state index contributed by atoms with van der Waals surface area (Å²) >= 11 is 9.02. The van der Waals surface area contributed by atoms with Crippen molar-refractivity contribution in [3.8, 4) is 0 Å². The fourth-order valence-electron chi connectivity index (χ4n) is 1.41. The lowest BCUT2D eigenvalue weighted by Crippen LogP contribution is -2.06. The highest BCUT2D eigenvalue weighted by atomic mass is 79.9. The summed E-state index contributed by atoms with van der Waals surface area (Å²) in [5, 5.41) is 10.7. The Hall–Kier alpha value is -1.07. The van der Waals surface area contributed by atoms with E-state index in [1.165, 1.54) is 0 Å². The summed E-state index contributed by atoms with van der Waals surface area (Å²) < 4.78 is 6.32. The topological polar surface area (TPSA) is 51.0 Å². The Kier molecular flexibility index (Phi) is 4.02. The molecule has 4 nitrogen and oxygen atoms in total. The zero-order valence-corrected chi connectivity index (χ0v) is 11.5. The van der Waals surface area contributed by atoms with E-state index < -0.39 is 0 Å². The van der Waals surface area contributed by atoms with Gasteiger partial charge < -0.3 is 9.73 Å². The SMILES string of the molecule is CC(Nc1nnc(CCl)o1)c1cccc(Br)c1. The van der Waals surface area contributed by atoms with Crippen LogP contribution in [0.15, 0.2) is 33.2 Å². The van der Waals surface area contributed by atoms with E-state index in [2.05, 4.69) is 31.4 Å². The third-order valence-electron chi connectivity index (χ3n) is 2.27. The number of nitrogens with one attached hydrogen (secondary N) is 1. The van der Waals surface area contributed by atoms with E-state index in [-0.39, 0.29) is 11.9 Å². The van der Waals surface area contributed by atoms with Crippen LogP contribution in [0, 0.1) is 0 Å². The first-order valence-electron chi connectivity index (χ1n) is 5.09. The molecule has 0 saturated heterocycles. The normalized spacial score (nSPS) is 12.4. The summed E-state index contributed by atoms with van der Waals surface area (Å²) in [4.78, 5) is 0. The molecular formula is C11H11BrClN3O. The predicted molar refractivity (Wildman–Crippen MR) is 70.0 cm³/mol. The Morgan fingerprint density at radius 2 is 2.29 bits per heavy atom. The monoisotopic (exact) mass is 315 g/mol. The number of halogens is 2. The van der Waals surface area contributed by atoms with E-state index in [0.29, 0.717) is 11.9 Å². The fourth-order valence-corrected chi connectivity index (χ4v) is 1.94. The first-order chi connectivity index (χ1) is 8.19. The maximum atomic E-state index is 5.58. The van der Waals surface area contributed by atoms with Crippen molar-refractivity contribution in [3.63, 3.8) is 0 Å². The van der Waals surface area contributed by atoms with Crippen LogP contribution < -0.4 is 5.32 Å². The van der Waals surface area contributed by atoms with Gasteiger partial charge in [0.1, 0.15) is 5.88 Å². The molecule has 0 aliphatic carbocycles. The van der Waals surface area contributed by atoms with Crippen LogP contribution in [0.1, 0.15) is 24.4 Å². The van der Waals surface area contributed by atoms with Gasteiger partial charge in [-0.25, -0.2) is 0 Å². The molecule has 1 unspecified atom stereocenters. The van der Waals surface area contributed by atoms with E-state index in [4.69, 9.17) is 16.0 Å². The Morgan fingerprint density at radius 1 is 1.47 bits per heavy atom. The summed E-state index contributed by atoms with van der Waals surface area (Å²) in [6.07, 6.45) is 0. The highest BCUT2D eigenvalue weighted by molar-refractivity contribution is 9.10. The van der Waals surface area contributed by atoms with Gasteiger partial charge in [-0.2, -0.15) is 0 Å². The molecular weight excluding hydrogens is 305 g/mol. The largest absolute Gasteiger partial charge is 0.407 e. The van der Waals surface area contributed by atoms with Crippen molar-refractivity contribution in [1.29, 1.82) is 0 Å². The lowest BCUT2D eigenvalue weighted by atomic mass is 10.1. The zero-order valence-electron chi connectivity index (χ0n) is 9.15. The summed E-state index contributed by atoms with van der Waals surface area (Å²) in [5.41, 5.74) is 1.13. The maximum absolute atomic E-state index is 5.58. The molecule has 1 atom stereocenters. The highest BCUT2D eigenvalue weighted by Gasteiger charge is 2.10. The number of alkyl halides is 1. The number of hydrogen-bond donors (Lipinski definition) is 1. The van der Waals surface area contributed by atoms with Crippen LogP contribution in [0.2, 0.25) is 0 Å². The number of anilines is 1. The number of hydrogen-bond acceptors (Lipinski definition) is 4. The van der Waals surface area contributed by atoms with Crippen molar-refractivity contribution in [2.45, 2.75) is 18.8 Å². The minimum atomic E-state index is 0.0797. The van der Waals surface area contributed by atoms with Gasteiger partial charge >= 0.3 is 6.01 Å². The molecule has 0 amide bonds. The van der Waals surface area contributed by atoms with E-state index in [9.17, 15) is 0 Å². The molecule has 0 aliphatic rings. The second kappa shape index (κ2) is 5.51. The van der Waals surface area contributed by atoms with Crippen molar-refractivity contribution < 1.29 is 4.42 Å².